The molecule has 0 spiro atoms. The van der Waals surface area contributed by atoms with Gasteiger partial charge in [0.25, 0.3) is 0 Å². The van der Waals surface area contributed by atoms with E-state index in [-0.39, 0.29) is 48.1 Å². The molecule has 4 aliphatic rings. The van der Waals surface area contributed by atoms with Gasteiger partial charge < -0.3 is 9.84 Å². The highest BCUT2D eigenvalue weighted by molar-refractivity contribution is 6.26. The van der Waals surface area contributed by atoms with Crippen molar-refractivity contribution in [1.82, 2.24) is 0 Å². The zero-order valence-corrected chi connectivity index (χ0v) is 21.2. The van der Waals surface area contributed by atoms with Crippen LogP contribution in [0.5, 0.6) is 0 Å². The first-order valence-electron chi connectivity index (χ1n) is 12.4. The van der Waals surface area contributed by atoms with Gasteiger partial charge in [-0.15, -0.1) is 11.6 Å². The molecule has 1 N–H and O–H groups in total. The number of allylic oxidation sites excluding steroid dienone is 4. The van der Waals surface area contributed by atoms with Crippen LogP contribution in [0.4, 0.5) is 0 Å². The minimum absolute atomic E-state index is 0.0145. The van der Waals surface area contributed by atoms with Crippen LogP contribution < -0.4 is 0 Å². The molecule has 0 aromatic heterocycles. The molecule has 0 aromatic carbocycles. The Bertz CT molecular complexity index is 939. The molecule has 6 heteroatoms. The predicted octanol–water partition coefficient (Wildman–Crippen LogP) is 4.93. The highest BCUT2D eigenvalue weighted by Crippen LogP contribution is 2.72. The first-order chi connectivity index (χ1) is 15.4. The Morgan fingerprint density at radius 2 is 1.97 bits per heavy atom. The number of fused-ring (bicyclic) bond motifs is 5. The van der Waals surface area contributed by atoms with Gasteiger partial charge in [0.15, 0.2) is 17.2 Å². The van der Waals surface area contributed by atoms with Gasteiger partial charge in [-0.3, -0.25) is 14.4 Å². The number of unbranched alkanes of at least 4 members (excludes halogenated alkanes) is 1. The topological polar surface area (TPSA) is 80.7 Å². The molecule has 0 radical (unpaired) electrons. The monoisotopic (exact) mass is 476 g/mol. The summed E-state index contributed by atoms with van der Waals surface area (Å²) in [4.78, 5) is 37.2. The summed E-state index contributed by atoms with van der Waals surface area (Å²) in [6.45, 7) is 9.57. The van der Waals surface area contributed by atoms with Gasteiger partial charge in [-0.2, -0.15) is 0 Å². The number of hydrogen-bond acceptors (Lipinski definition) is 5. The fourth-order valence-electron chi connectivity index (χ4n) is 8.12. The van der Waals surface area contributed by atoms with Gasteiger partial charge in [0.2, 0.25) is 0 Å². The molecule has 5 nitrogen and oxygen atoms in total. The van der Waals surface area contributed by atoms with Crippen molar-refractivity contribution in [3.8, 4) is 0 Å². The first kappa shape index (κ1) is 24.7. The van der Waals surface area contributed by atoms with Crippen LogP contribution in [-0.2, 0) is 19.1 Å². The molecule has 0 amide bonds. The molecule has 1 unspecified atom stereocenters. The summed E-state index contributed by atoms with van der Waals surface area (Å²) in [6.07, 6.45) is 8.50. The van der Waals surface area contributed by atoms with Crippen LogP contribution in [-0.4, -0.2) is 39.2 Å². The third-order valence-electron chi connectivity index (χ3n) is 9.71. The second kappa shape index (κ2) is 8.05. The lowest BCUT2D eigenvalue weighted by Crippen LogP contribution is -2.69. The maximum Gasteiger partial charge on any atom is 0.306 e. The number of alkyl halides is 1. The SMILES string of the molecule is CCCCC(=O)O[C@]1(C(C)=O)[C@@H](C)C[C@H]2[C@@H]3CCC4=CC(=O)C=C[C@]4(C)C3(Cl)[C@@H](O)C[C@@]21C. The molecule has 0 bridgehead atoms. The standard InChI is InChI=1S/C27H37ClO5/c1-6-7-8-23(32)33-27(17(3)29)16(2)13-21-20-10-9-18-14-19(30)11-12-24(18,4)26(20,28)22(31)15-25(21,27)5/h11-12,14,16,20-22,31H,6-10,13,15H2,1-5H3/t16-,20-,21-,22-,24-,25-,26?,27-/m0/s1. The minimum Gasteiger partial charge on any atom is -0.450 e. The van der Waals surface area contributed by atoms with E-state index in [0.29, 0.717) is 6.42 Å². The highest BCUT2D eigenvalue weighted by Gasteiger charge is 2.75. The van der Waals surface area contributed by atoms with Crippen molar-refractivity contribution in [2.75, 3.05) is 0 Å². The lowest BCUT2D eigenvalue weighted by atomic mass is 9.45. The van der Waals surface area contributed by atoms with Crippen LogP contribution in [0.15, 0.2) is 23.8 Å². The number of carbonyl (C=O) groups is 3. The first-order valence-corrected chi connectivity index (χ1v) is 12.8. The number of halogens is 1. The quantitative estimate of drug-likeness (QED) is 0.449. The van der Waals surface area contributed by atoms with Gasteiger partial charge >= 0.3 is 5.97 Å². The second-order valence-electron chi connectivity index (χ2n) is 11.3. The molecule has 3 saturated carbocycles. The van der Waals surface area contributed by atoms with Gasteiger partial charge in [0.05, 0.1) is 11.0 Å². The zero-order valence-electron chi connectivity index (χ0n) is 20.4. The third-order valence-corrected chi connectivity index (χ3v) is 10.6. The molecule has 8 atom stereocenters. The lowest BCUT2D eigenvalue weighted by Gasteiger charge is -2.64. The van der Waals surface area contributed by atoms with Crippen LogP contribution in [0.25, 0.3) is 0 Å². The van der Waals surface area contributed by atoms with Crippen LogP contribution in [0.1, 0.15) is 79.6 Å². The maximum atomic E-state index is 13.3. The van der Waals surface area contributed by atoms with E-state index in [0.717, 1.165) is 31.3 Å². The Hall–Kier alpha value is -1.46. The molecule has 0 saturated heterocycles. The number of aliphatic hydroxyl groups excluding tert-OH is 1. The Kier molecular flexibility index (Phi) is 6.01. The van der Waals surface area contributed by atoms with Crippen molar-refractivity contribution in [3.63, 3.8) is 0 Å². The van der Waals surface area contributed by atoms with E-state index >= 15 is 0 Å². The molecule has 0 aliphatic heterocycles. The summed E-state index contributed by atoms with van der Waals surface area (Å²) < 4.78 is 6.14. The Balaban J connectivity index is 1.78. The number of aliphatic hydroxyl groups is 1. The lowest BCUT2D eigenvalue weighted by molar-refractivity contribution is -0.200. The molecule has 33 heavy (non-hydrogen) atoms. The molecule has 0 aromatic rings. The number of esters is 1. The van der Waals surface area contributed by atoms with Crippen LogP contribution >= 0.6 is 11.6 Å². The number of hydrogen-bond donors (Lipinski definition) is 1. The average molecular weight is 477 g/mol. The summed E-state index contributed by atoms with van der Waals surface area (Å²) in [6, 6.07) is 0. The summed E-state index contributed by atoms with van der Waals surface area (Å²) >= 11 is 7.47. The number of rotatable bonds is 5. The Morgan fingerprint density at radius 1 is 1.27 bits per heavy atom. The van der Waals surface area contributed by atoms with Crippen molar-refractivity contribution in [1.29, 1.82) is 0 Å². The number of carbonyl (C=O) groups excluding carboxylic acids is 3. The van der Waals surface area contributed by atoms with Gasteiger partial charge in [0, 0.05) is 23.2 Å². The minimum atomic E-state index is -1.27. The average Bonchev–Trinajstić information content (AvgIpc) is 2.96. The molecule has 182 valence electrons. The maximum absolute atomic E-state index is 13.3. The van der Waals surface area contributed by atoms with E-state index in [1.165, 1.54) is 6.92 Å². The smallest absolute Gasteiger partial charge is 0.306 e. The normalized spacial score (nSPS) is 46.2. The third kappa shape index (κ3) is 3.10. The Labute approximate surface area is 202 Å². The van der Waals surface area contributed by atoms with Crippen molar-refractivity contribution in [3.05, 3.63) is 23.8 Å². The van der Waals surface area contributed by atoms with Crippen molar-refractivity contribution >= 4 is 29.1 Å². The molecular weight excluding hydrogens is 440 g/mol. The van der Waals surface area contributed by atoms with Crippen molar-refractivity contribution in [2.45, 2.75) is 96.1 Å². The van der Waals surface area contributed by atoms with E-state index in [1.54, 1.807) is 12.2 Å². The van der Waals surface area contributed by atoms with Gasteiger partial charge in [-0.25, -0.2) is 0 Å². The van der Waals surface area contributed by atoms with E-state index < -0.39 is 27.4 Å². The predicted molar refractivity (Wildman–Crippen MR) is 127 cm³/mol. The fourth-order valence-corrected chi connectivity index (χ4v) is 8.64. The van der Waals surface area contributed by atoms with Gasteiger partial charge in [-0.05, 0) is 63.0 Å². The fraction of sp³-hybridized carbons (Fsp3) is 0.741. The summed E-state index contributed by atoms with van der Waals surface area (Å²) in [5.41, 5.74) is -1.65. The van der Waals surface area contributed by atoms with Crippen LogP contribution in [0.3, 0.4) is 0 Å². The van der Waals surface area contributed by atoms with E-state index in [2.05, 4.69) is 0 Å². The summed E-state index contributed by atoms with van der Waals surface area (Å²) in [5, 5.41) is 11.7. The molecule has 3 fully saturated rings. The van der Waals surface area contributed by atoms with Crippen molar-refractivity contribution < 1.29 is 24.2 Å². The van der Waals surface area contributed by atoms with Crippen molar-refractivity contribution in [2.24, 2.45) is 28.6 Å². The molecule has 4 aliphatic carbocycles. The number of Topliss-reactive ketones (excluding diaryl/α,β-unsaturated/α-hetero) is 1. The van der Waals surface area contributed by atoms with Crippen LogP contribution in [0, 0.1) is 28.6 Å². The molecule has 4 rings (SSSR count). The number of ether oxygens (including phenoxy) is 1. The van der Waals surface area contributed by atoms with E-state index in [9.17, 15) is 19.5 Å². The summed E-state index contributed by atoms with van der Waals surface area (Å²) in [5.74, 6) is -0.764. The zero-order chi connectivity index (χ0) is 24.4. The molecule has 0 heterocycles. The second-order valence-corrected chi connectivity index (χ2v) is 11.9. The van der Waals surface area contributed by atoms with Gasteiger partial charge in [0.1, 0.15) is 0 Å². The van der Waals surface area contributed by atoms with E-state index in [1.807, 2.05) is 33.8 Å². The number of ketones is 2. The Morgan fingerprint density at radius 3 is 2.61 bits per heavy atom. The van der Waals surface area contributed by atoms with Crippen LogP contribution in [0.2, 0.25) is 0 Å². The summed E-state index contributed by atoms with van der Waals surface area (Å²) in [7, 11) is 0. The van der Waals surface area contributed by atoms with Gasteiger partial charge in [-0.1, -0.05) is 45.8 Å². The van der Waals surface area contributed by atoms with E-state index in [4.69, 9.17) is 16.3 Å². The highest BCUT2D eigenvalue weighted by atomic mass is 35.5. The molecular formula is C27H37ClO5. The largest absolute Gasteiger partial charge is 0.450 e.